The number of rotatable bonds is 5. The first-order valence-electron chi connectivity index (χ1n) is 8.93. The number of hydrogen-bond donors (Lipinski definition) is 1. The number of amides is 1. The van der Waals surface area contributed by atoms with Crippen molar-refractivity contribution in [3.63, 3.8) is 0 Å². The van der Waals surface area contributed by atoms with Gasteiger partial charge in [0.2, 0.25) is 5.91 Å². The Bertz CT molecular complexity index is 948. The second kappa shape index (κ2) is 7.32. The first-order valence-corrected chi connectivity index (χ1v) is 8.93. The Labute approximate surface area is 156 Å². The fourth-order valence-electron chi connectivity index (χ4n) is 3.07. The molecule has 1 fully saturated rings. The first kappa shape index (κ1) is 17.4. The van der Waals surface area contributed by atoms with Crippen molar-refractivity contribution >= 4 is 11.6 Å². The van der Waals surface area contributed by atoms with Gasteiger partial charge in [-0.25, -0.2) is 14.5 Å². The van der Waals surface area contributed by atoms with Crippen LogP contribution in [0.5, 0.6) is 5.75 Å². The van der Waals surface area contributed by atoms with E-state index in [1.807, 2.05) is 37.3 Å². The molecule has 1 unspecified atom stereocenters. The normalized spacial score (nSPS) is 17.8. The first-order chi connectivity index (χ1) is 13.1. The highest BCUT2D eigenvalue weighted by molar-refractivity contribution is 5.81. The Morgan fingerprint density at radius 1 is 1.37 bits per heavy atom. The summed E-state index contributed by atoms with van der Waals surface area (Å²) in [4.78, 5) is 21.2. The summed E-state index contributed by atoms with van der Waals surface area (Å²) in [5.74, 6) is 1.21. The molecule has 140 valence electrons. The zero-order valence-corrected chi connectivity index (χ0v) is 15.3. The van der Waals surface area contributed by atoms with Crippen LogP contribution in [0.2, 0.25) is 0 Å². The number of methoxy groups -OCH3 is 1. The van der Waals surface area contributed by atoms with Gasteiger partial charge in [-0.05, 0) is 44.0 Å². The lowest BCUT2D eigenvalue weighted by Crippen LogP contribution is -2.36. The third-order valence-electron chi connectivity index (χ3n) is 4.60. The molecule has 1 N–H and O–H groups in total. The summed E-state index contributed by atoms with van der Waals surface area (Å²) in [7, 11) is 1.63. The van der Waals surface area contributed by atoms with E-state index >= 15 is 0 Å². The van der Waals surface area contributed by atoms with Crippen molar-refractivity contribution in [2.45, 2.75) is 31.9 Å². The molecule has 0 aliphatic carbocycles. The third kappa shape index (κ3) is 3.61. The van der Waals surface area contributed by atoms with E-state index in [1.54, 1.807) is 18.0 Å². The second-order valence-electron chi connectivity index (χ2n) is 6.51. The van der Waals surface area contributed by atoms with E-state index in [0.717, 1.165) is 29.8 Å². The van der Waals surface area contributed by atoms with Crippen molar-refractivity contribution in [2.24, 2.45) is 0 Å². The number of ether oxygens (including phenoxy) is 2. The average Bonchev–Trinajstić information content (AvgIpc) is 3.37. The maximum atomic E-state index is 12.2. The standard InChI is InChI=1S/C19H21N5O3/c1-12(21-19(25)16-4-3-9-27-16)18-22-17-10-15(20-11-24(17)23-18)13-5-7-14(26-2)8-6-13/h5-8,10-12,16H,3-4,9H2,1-2H3,(H,21,25)/t12-,16?/m1/s1. The van der Waals surface area contributed by atoms with E-state index in [1.165, 1.54) is 0 Å². The van der Waals surface area contributed by atoms with E-state index in [0.29, 0.717) is 18.1 Å². The zero-order chi connectivity index (χ0) is 18.8. The number of nitrogens with zero attached hydrogens (tertiary/aromatic N) is 4. The van der Waals surface area contributed by atoms with Gasteiger partial charge in [0.05, 0.1) is 18.8 Å². The van der Waals surface area contributed by atoms with Crippen LogP contribution in [-0.2, 0) is 9.53 Å². The molecule has 0 saturated carbocycles. The molecule has 8 heteroatoms. The fourth-order valence-corrected chi connectivity index (χ4v) is 3.07. The topological polar surface area (TPSA) is 90.6 Å². The molecule has 1 saturated heterocycles. The SMILES string of the molecule is COc1ccc(-c2cc3nc([C@@H](C)NC(=O)C4CCCO4)nn3cn2)cc1. The lowest BCUT2D eigenvalue weighted by Gasteiger charge is -2.14. The number of hydrogen-bond acceptors (Lipinski definition) is 6. The predicted molar refractivity (Wildman–Crippen MR) is 98.3 cm³/mol. The summed E-state index contributed by atoms with van der Waals surface area (Å²) < 4.78 is 12.2. The molecule has 0 spiro atoms. The monoisotopic (exact) mass is 367 g/mol. The van der Waals surface area contributed by atoms with Crippen molar-refractivity contribution in [3.05, 3.63) is 42.5 Å². The van der Waals surface area contributed by atoms with Crippen LogP contribution in [0.1, 0.15) is 31.6 Å². The highest BCUT2D eigenvalue weighted by Crippen LogP contribution is 2.22. The van der Waals surface area contributed by atoms with Gasteiger partial charge in [0.15, 0.2) is 11.5 Å². The molecule has 4 rings (SSSR count). The average molecular weight is 367 g/mol. The molecule has 8 nitrogen and oxygen atoms in total. The Morgan fingerprint density at radius 2 is 2.19 bits per heavy atom. The van der Waals surface area contributed by atoms with Gasteiger partial charge in [0, 0.05) is 18.2 Å². The lowest BCUT2D eigenvalue weighted by atomic mass is 10.1. The maximum Gasteiger partial charge on any atom is 0.249 e. The van der Waals surface area contributed by atoms with E-state index in [-0.39, 0.29) is 18.1 Å². The van der Waals surface area contributed by atoms with Gasteiger partial charge in [0.25, 0.3) is 0 Å². The molecular weight excluding hydrogens is 346 g/mol. The third-order valence-corrected chi connectivity index (χ3v) is 4.60. The summed E-state index contributed by atoms with van der Waals surface area (Å²) >= 11 is 0. The van der Waals surface area contributed by atoms with Crippen LogP contribution in [0.15, 0.2) is 36.7 Å². The highest BCUT2D eigenvalue weighted by Gasteiger charge is 2.26. The molecule has 0 bridgehead atoms. The summed E-state index contributed by atoms with van der Waals surface area (Å²) in [5, 5.41) is 7.34. The molecule has 1 aliphatic heterocycles. The zero-order valence-electron chi connectivity index (χ0n) is 15.3. The molecule has 2 aromatic heterocycles. The van der Waals surface area contributed by atoms with E-state index in [2.05, 4.69) is 20.4 Å². The van der Waals surface area contributed by atoms with Crippen LogP contribution >= 0.6 is 0 Å². The molecule has 1 aliphatic rings. The van der Waals surface area contributed by atoms with Crippen LogP contribution in [0.25, 0.3) is 16.9 Å². The maximum absolute atomic E-state index is 12.2. The van der Waals surface area contributed by atoms with E-state index < -0.39 is 0 Å². The van der Waals surface area contributed by atoms with Crippen molar-refractivity contribution in [2.75, 3.05) is 13.7 Å². The summed E-state index contributed by atoms with van der Waals surface area (Å²) in [5.41, 5.74) is 2.42. The fraction of sp³-hybridized carbons (Fsp3) is 0.368. The van der Waals surface area contributed by atoms with Gasteiger partial charge in [0.1, 0.15) is 18.2 Å². The Hall–Kier alpha value is -3.00. The van der Waals surface area contributed by atoms with Crippen molar-refractivity contribution < 1.29 is 14.3 Å². The number of carbonyl (C=O) groups is 1. The predicted octanol–water partition coefficient (Wildman–Crippen LogP) is 2.16. The minimum atomic E-state index is -0.368. The molecule has 1 aromatic carbocycles. The van der Waals surface area contributed by atoms with Gasteiger partial charge in [-0.3, -0.25) is 4.79 Å². The van der Waals surface area contributed by atoms with Crippen LogP contribution in [0, 0.1) is 0 Å². The number of benzene rings is 1. The molecule has 2 atom stereocenters. The van der Waals surface area contributed by atoms with Gasteiger partial charge >= 0.3 is 0 Å². The van der Waals surface area contributed by atoms with Gasteiger partial charge in [-0.2, -0.15) is 0 Å². The molecule has 27 heavy (non-hydrogen) atoms. The number of fused-ring (bicyclic) bond motifs is 1. The minimum Gasteiger partial charge on any atom is -0.497 e. The van der Waals surface area contributed by atoms with Gasteiger partial charge in [-0.1, -0.05) is 0 Å². The molecule has 0 radical (unpaired) electrons. The van der Waals surface area contributed by atoms with Crippen LogP contribution in [0.3, 0.4) is 0 Å². The van der Waals surface area contributed by atoms with Crippen LogP contribution < -0.4 is 10.1 Å². The number of aromatic nitrogens is 4. The second-order valence-corrected chi connectivity index (χ2v) is 6.51. The smallest absolute Gasteiger partial charge is 0.249 e. The molecular formula is C19H21N5O3. The summed E-state index contributed by atoms with van der Waals surface area (Å²) in [6.45, 7) is 2.50. The molecule has 1 amide bonds. The largest absolute Gasteiger partial charge is 0.497 e. The van der Waals surface area contributed by atoms with Crippen LogP contribution in [-0.4, -0.2) is 45.3 Å². The van der Waals surface area contributed by atoms with Gasteiger partial charge in [-0.15, -0.1) is 5.10 Å². The summed E-state index contributed by atoms with van der Waals surface area (Å²) in [6.07, 6.45) is 2.93. The highest BCUT2D eigenvalue weighted by atomic mass is 16.5. The Balaban J connectivity index is 1.53. The lowest BCUT2D eigenvalue weighted by molar-refractivity contribution is -0.130. The summed E-state index contributed by atoms with van der Waals surface area (Å²) in [6, 6.07) is 9.22. The van der Waals surface area contributed by atoms with Crippen LogP contribution in [0.4, 0.5) is 0 Å². The van der Waals surface area contributed by atoms with E-state index in [4.69, 9.17) is 9.47 Å². The number of carbonyl (C=O) groups excluding carboxylic acids is 1. The minimum absolute atomic E-state index is 0.115. The Morgan fingerprint density at radius 3 is 2.89 bits per heavy atom. The van der Waals surface area contributed by atoms with Crippen molar-refractivity contribution in [1.29, 1.82) is 0 Å². The molecule has 3 heterocycles. The molecule has 3 aromatic rings. The quantitative estimate of drug-likeness (QED) is 0.743. The number of nitrogens with one attached hydrogen (secondary N) is 1. The van der Waals surface area contributed by atoms with Crippen molar-refractivity contribution in [1.82, 2.24) is 24.9 Å². The van der Waals surface area contributed by atoms with E-state index in [9.17, 15) is 4.79 Å². The van der Waals surface area contributed by atoms with Crippen molar-refractivity contribution in [3.8, 4) is 17.0 Å². The Kier molecular flexibility index (Phi) is 4.72. The van der Waals surface area contributed by atoms with Gasteiger partial charge < -0.3 is 14.8 Å².